The van der Waals surface area contributed by atoms with Crippen LogP contribution in [-0.2, 0) is 9.53 Å². The van der Waals surface area contributed by atoms with Crippen molar-refractivity contribution >= 4 is 5.91 Å². The van der Waals surface area contributed by atoms with Gasteiger partial charge in [0.05, 0.1) is 12.7 Å². The van der Waals surface area contributed by atoms with E-state index in [1.54, 1.807) is 4.90 Å². The second kappa shape index (κ2) is 5.31. The van der Waals surface area contributed by atoms with E-state index in [2.05, 4.69) is 6.07 Å². The van der Waals surface area contributed by atoms with Gasteiger partial charge in [0.1, 0.15) is 12.6 Å². The van der Waals surface area contributed by atoms with E-state index in [0.717, 1.165) is 12.8 Å². The third-order valence-corrected chi connectivity index (χ3v) is 3.49. The van der Waals surface area contributed by atoms with Crippen molar-refractivity contribution in [3.05, 3.63) is 0 Å². The van der Waals surface area contributed by atoms with Crippen molar-refractivity contribution < 1.29 is 9.53 Å². The van der Waals surface area contributed by atoms with Gasteiger partial charge in [0.15, 0.2) is 0 Å². The zero-order valence-corrected chi connectivity index (χ0v) is 9.52. The highest BCUT2D eigenvalue weighted by atomic mass is 16.5. The lowest BCUT2D eigenvalue weighted by molar-refractivity contribution is -0.149. The van der Waals surface area contributed by atoms with Gasteiger partial charge in [-0.3, -0.25) is 4.79 Å². The summed E-state index contributed by atoms with van der Waals surface area (Å²) >= 11 is 0. The van der Waals surface area contributed by atoms with Gasteiger partial charge >= 0.3 is 0 Å². The lowest BCUT2D eigenvalue weighted by atomic mass is 10.0. The molecule has 0 aromatic carbocycles. The maximum absolute atomic E-state index is 11.8. The summed E-state index contributed by atoms with van der Waals surface area (Å²) in [6.07, 6.45) is 6.95. The average molecular weight is 222 g/mol. The van der Waals surface area contributed by atoms with E-state index >= 15 is 0 Å². The number of nitrogens with zero attached hydrogens (tertiary/aromatic N) is 2. The molecule has 2 fully saturated rings. The fourth-order valence-electron chi connectivity index (χ4n) is 2.68. The van der Waals surface area contributed by atoms with Crippen LogP contribution in [0.4, 0.5) is 0 Å². The number of amides is 1. The van der Waals surface area contributed by atoms with Crippen molar-refractivity contribution in [3.8, 4) is 6.07 Å². The van der Waals surface area contributed by atoms with E-state index in [0.29, 0.717) is 6.61 Å². The Hall–Kier alpha value is -1.08. The van der Waals surface area contributed by atoms with E-state index in [1.165, 1.54) is 25.7 Å². The van der Waals surface area contributed by atoms with Crippen LogP contribution in [0, 0.1) is 11.3 Å². The number of nitriles is 1. The molecular weight excluding hydrogens is 204 g/mol. The Labute approximate surface area is 96.2 Å². The molecule has 0 N–H and O–H groups in total. The van der Waals surface area contributed by atoms with Crippen LogP contribution >= 0.6 is 0 Å². The SMILES string of the molecule is N#CC1COCC(=O)N1C1CCCCCC1. The molecule has 0 spiro atoms. The molecular formula is C12H18N2O2. The predicted octanol–water partition coefficient (Wildman–Crippen LogP) is 1.46. The van der Waals surface area contributed by atoms with E-state index in [4.69, 9.17) is 10.00 Å². The van der Waals surface area contributed by atoms with E-state index in [1.807, 2.05) is 0 Å². The quantitative estimate of drug-likeness (QED) is 0.631. The van der Waals surface area contributed by atoms with Gasteiger partial charge in [-0.05, 0) is 12.8 Å². The zero-order valence-electron chi connectivity index (χ0n) is 9.52. The number of carbonyl (C=O) groups is 1. The number of ether oxygens (including phenoxy) is 1. The van der Waals surface area contributed by atoms with Crippen molar-refractivity contribution in [1.29, 1.82) is 5.26 Å². The third-order valence-electron chi connectivity index (χ3n) is 3.49. The highest BCUT2D eigenvalue weighted by Gasteiger charge is 2.34. The zero-order chi connectivity index (χ0) is 11.4. The monoisotopic (exact) mass is 222 g/mol. The summed E-state index contributed by atoms with van der Waals surface area (Å²) < 4.78 is 5.12. The molecule has 0 aromatic heterocycles. The molecule has 0 aromatic rings. The minimum atomic E-state index is -0.371. The van der Waals surface area contributed by atoms with Gasteiger partial charge in [0, 0.05) is 6.04 Å². The maximum atomic E-state index is 11.8. The number of rotatable bonds is 1. The normalized spacial score (nSPS) is 28.6. The first-order valence-corrected chi connectivity index (χ1v) is 6.11. The van der Waals surface area contributed by atoms with Crippen LogP contribution in [0.2, 0.25) is 0 Å². The Balaban J connectivity index is 2.08. The molecule has 88 valence electrons. The fraction of sp³-hybridized carbons (Fsp3) is 0.833. The topological polar surface area (TPSA) is 53.3 Å². The molecule has 1 saturated heterocycles. The van der Waals surface area contributed by atoms with Crippen molar-refractivity contribution in [1.82, 2.24) is 4.90 Å². The van der Waals surface area contributed by atoms with Gasteiger partial charge in [-0.25, -0.2) is 0 Å². The molecule has 1 atom stereocenters. The average Bonchev–Trinajstić information content (AvgIpc) is 2.57. The van der Waals surface area contributed by atoms with Gasteiger partial charge in [-0.15, -0.1) is 0 Å². The summed E-state index contributed by atoms with van der Waals surface area (Å²) in [6, 6.07) is 2.08. The van der Waals surface area contributed by atoms with Crippen LogP contribution < -0.4 is 0 Å². The lowest BCUT2D eigenvalue weighted by Gasteiger charge is -2.37. The molecule has 0 bridgehead atoms. The third kappa shape index (κ3) is 2.35. The van der Waals surface area contributed by atoms with E-state index in [9.17, 15) is 4.79 Å². The van der Waals surface area contributed by atoms with Crippen LogP contribution in [0.5, 0.6) is 0 Å². The summed E-state index contributed by atoms with van der Waals surface area (Å²) in [6.45, 7) is 0.521. The second-order valence-corrected chi connectivity index (χ2v) is 4.61. The molecule has 4 heteroatoms. The molecule has 1 heterocycles. The molecule has 1 aliphatic carbocycles. The first kappa shape index (κ1) is 11.4. The van der Waals surface area contributed by atoms with E-state index < -0.39 is 0 Å². The lowest BCUT2D eigenvalue weighted by Crippen LogP contribution is -2.53. The number of hydrogen-bond acceptors (Lipinski definition) is 3. The Morgan fingerprint density at radius 2 is 1.94 bits per heavy atom. The summed E-state index contributed by atoms with van der Waals surface area (Å²) in [7, 11) is 0. The van der Waals surface area contributed by atoms with Crippen LogP contribution in [0.3, 0.4) is 0 Å². The van der Waals surface area contributed by atoms with Crippen LogP contribution in [0.25, 0.3) is 0 Å². The van der Waals surface area contributed by atoms with Gasteiger partial charge in [-0.1, -0.05) is 25.7 Å². The molecule has 1 saturated carbocycles. The standard InChI is InChI=1S/C12H18N2O2/c13-7-11-8-16-9-12(15)14(11)10-5-3-1-2-4-6-10/h10-11H,1-6,8-9H2. The largest absolute Gasteiger partial charge is 0.368 e. The smallest absolute Gasteiger partial charge is 0.249 e. The number of carbonyl (C=O) groups excluding carboxylic acids is 1. The van der Waals surface area contributed by atoms with E-state index in [-0.39, 0.29) is 24.6 Å². The molecule has 1 amide bonds. The highest BCUT2D eigenvalue weighted by Crippen LogP contribution is 2.25. The highest BCUT2D eigenvalue weighted by molar-refractivity contribution is 5.79. The number of hydrogen-bond donors (Lipinski definition) is 0. The maximum Gasteiger partial charge on any atom is 0.249 e. The molecule has 0 radical (unpaired) electrons. The van der Waals surface area contributed by atoms with Crippen LogP contribution in [0.1, 0.15) is 38.5 Å². The molecule has 4 nitrogen and oxygen atoms in total. The van der Waals surface area contributed by atoms with Crippen LogP contribution in [-0.4, -0.2) is 36.1 Å². The Bertz CT molecular complexity index is 290. The van der Waals surface area contributed by atoms with Gasteiger partial charge < -0.3 is 9.64 Å². The first-order valence-electron chi connectivity index (χ1n) is 6.11. The molecule has 2 aliphatic rings. The second-order valence-electron chi connectivity index (χ2n) is 4.61. The summed E-state index contributed by atoms with van der Waals surface area (Å²) in [5.41, 5.74) is 0. The molecule has 16 heavy (non-hydrogen) atoms. The first-order chi connectivity index (χ1) is 7.83. The van der Waals surface area contributed by atoms with Gasteiger partial charge in [-0.2, -0.15) is 5.26 Å². The molecule has 2 rings (SSSR count). The van der Waals surface area contributed by atoms with Crippen molar-refractivity contribution in [2.45, 2.75) is 50.6 Å². The fourth-order valence-corrected chi connectivity index (χ4v) is 2.68. The molecule has 1 aliphatic heterocycles. The number of morpholine rings is 1. The Morgan fingerprint density at radius 1 is 1.25 bits per heavy atom. The summed E-state index contributed by atoms with van der Waals surface area (Å²) in [5.74, 6) is -0.00954. The van der Waals surface area contributed by atoms with Crippen LogP contribution in [0.15, 0.2) is 0 Å². The summed E-state index contributed by atoms with van der Waals surface area (Å²) in [4.78, 5) is 13.6. The predicted molar refractivity (Wildman–Crippen MR) is 58.6 cm³/mol. The summed E-state index contributed by atoms with van der Waals surface area (Å²) in [5, 5.41) is 9.06. The van der Waals surface area contributed by atoms with Gasteiger partial charge in [0.2, 0.25) is 5.91 Å². The van der Waals surface area contributed by atoms with Crippen molar-refractivity contribution in [3.63, 3.8) is 0 Å². The van der Waals surface area contributed by atoms with Crippen molar-refractivity contribution in [2.75, 3.05) is 13.2 Å². The van der Waals surface area contributed by atoms with Gasteiger partial charge in [0.25, 0.3) is 0 Å². The molecule has 1 unspecified atom stereocenters. The Kier molecular flexibility index (Phi) is 3.79. The van der Waals surface area contributed by atoms with Crippen molar-refractivity contribution in [2.24, 2.45) is 0 Å². The minimum absolute atomic E-state index is 0.00954. The Morgan fingerprint density at radius 3 is 2.56 bits per heavy atom. The minimum Gasteiger partial charge on any atom is -0.368 e.